The summed E-state index contributed by atoms with van der Waals surface area (Å²) in [5.74, 6) is 0.113. The summed E-state index contributed by atoms with van der Waals surface area (Å²) < 4.78 is 0. The third-order valence-corrected chi connectivity index (χ3v) is 3.59. The van der Waals surface area contributed by atoms with Crippen LogP contribution in [0.5, 0.6) is 0 Å². The highest BCUT2D eigenvalue weighted by molar-refractivity contribution is 6.07. The fourth-order valence-electron chi connectivity index (χ4n) is 2.56. The highest BCUT2D eigenvalue weighted by Gasteiger charge is 2.28. The van der Waals surface area contributed by atoms with Gasteiger partial charge in [0, 0.05) is 25.5 Å². The van der Waals surface area contributed by atoms with Crippen molar-refractivity contribution in [3.63, 3.8) is 0 Å². The maximum absolute atomic E-state index is 12.3. The number of fused-ring (bicyclic) bond motifs is 1. The Hall–Kier alpha value is -2.49. The standard InChI is InChI=1S/C16H17N3O/c1-17-12-4-3-5-14(10-12)19-15-7-6-13(18-2)8-11(15)9-16(19)20/h3-8,10,17-18H,9H2,1-2H3. The number of carbonyl (C=O) groups excluding carboxylic acids is 1. The van der Waals surface area contributed by atoms with Crippen LogP contribution in [0.15, 0.2) is 42.5 Å². The zero-order valence-electron chi connectivity index (χ0n) is 11.6. The maximum Gasteiger partial charge on any atom is 0.236 e. The predicted octanol–water partition coefficient (Wildman–Crippen LogP) is 2.99. The molecule has 4 heteroatoms. The van der Waals surface area contributed by atoms with E-state index in [2.05, 4.69) is 10.6 Å². The second-order valence-corrected chi connectivity index (χ2v) is 4.80. The summed E-state index contributed by atoms with van der Waals surface area (Å²) >= 11 is 0. The van der Waals surface area contributed by atoms with Crippen molar-refractivity contribution >= 4 is 28.7 Å². The molecule has 2 aromatic rings. The molecule has 1 amide bonds. The Kier molecular flexibility index (Phi) is 3.06. The molecule has 4 nitrogen and oxygen atoms in total. The van der Waals surface area contributed by atoms with E-state index in [1.54, 1.807) is 4.90 Å². The molecule has 2 aromatic carbocycles. The summed E-state index contributed by atoms with van der Waals surface area (Å²) in [5.41, 5.74) is 4.97. The van der Waals surface area contributed by atoms with Gasteiger partial charge in [0.25, 0.3) is 0 Å². The van der Waals surface area contributed by atoms with Gasteiger partial charge >= 0.3 is 0 Å². The van der Waals surface area contributed by atoms with Crippen LogP contribution >= 0.6 is 0 Å². The van der Waals surface area contributed by atoms with Crippen LogP contribution < -0.4 is 15.5 Å². The lowest BCUT2D eigenvalue weighted by Gasteiger charge is -2.18. The second kappa shape index (κ2) is 4.89. The van der Waals surface area contributed by atoms with Crippen molar-refractivity contribution in [2.24, 2.45) is 0 Å². The first-order chi connectivity index (χ1) is 9.72. The fourth-order valence-corrected chi connectivity index (χ4v) is 2.56. The van der Waals surface area contributed by atoms with Gasteiger partial charge in [-0.3, -0.25) is 9.69 Å². The highest BCUT2D eigenvalue weighted by atomic mass is 16.2. The van der Waals surface area contributed by atoms with E-state index < -0.39 is 0 Å². The molecular weight excluding hydrogens is 250 g/mol. The number of hydrogen-bond donors (Lipinski definition) is 2. The van der Waals surface area contributed by atoms with Crippen LogP contribution in [0.2, 0.25) is 0 Å². The van der Waals surface area contributed by atoms with E-state index in [1.807, 2.05) is 56.6 Å². The molecule has 0 aromatic heterocycles. The molecule has 0 saturated heterocycles. The van der Waals surface area contributed by atoms with Gasteiger partial charge in [0.1, 0.15) is 0 Å². The Labute approximate surface area is 118 Å². The number of anilines is 4. The monoisotopic (exact) mass is 267 g/mol. The van der Waals surface area contributed by atoms with Crippen molar-refractivity contribution in [3.05, 3.63) is 48.0 Å². The molecule has 3 rings (SSSR count). The lowest BCUT2D eigenvalue weighted by atomic mass is 10.1. The quantitative estimate of drug-likeness (QED) is 0.898. The van der Waals surface area contributed by atoms with E-state index in [1.165, 1.54) is 0 Å². The molecule has 2 N–H and O–H groups in total. The minimum absolute atomic E-state index is 0.113. The number of hydrogen-bond acceptors (Lipinski definition) is 3. The minimum Gasteiger partial charge on any atom is -0.388 e. The first kappa shape index (κ1) is 12.5. The summed E-state index contributed by atoms with van der Waals surface area (Å²) in [7, 11) is 3.75. The number of nitrogens with zero attached hydrogens (tertiary/aromatic N) is 1. The molecule has 0 bridgehead atoms. The molecule has 1 aliphatic heterocycles. The van der Waals surface area contributed by atoms with E-state index in [9.17, 15) is 4.79 Å². The van der Waals surface area contributed by atoms with E-state index in [4.69, 9.17) is 0 Å². The van der Waals surface area contributed by atoms with Crippen molar-refractivity contribution in [2.75, 3.05) is 29.6 Å². The van der Waals surface area contributed by atoms with Crippen LogP contribution in [-0.4, -0.2) is 20.0 Å². The van der Waals surface area contributed by atoms with Crippen LogP contribution in [-0.2, 0) is 11.2 Å². The summed E-state index contributed by atoms with van der Waals surface area (Å²) in [4.78, 5) is 14.1. The Bertz CT molecular complexity index is 667. The summed E-state index contributed by atoms with van der Waals surface area (Å²) in [6.45, 7) is 0. The molecule has 1 aliphatic rings. The zero-order valence-corrected chi connectivity index (χ0v) is 11.6. The molecule has 0 aliphatic carbocycles. The number of amides is 1. The van der Waals surface area contributed by atoms with Crippen LogP contribution in [0.1, 0.15) is 5.56 Å². The normalized spacial score (nSPS) is 13.3. The number of carbonyl (C=O) groups is 1. The van der Waals surface area contributed by atoms with Gasteiger partial charge in [0.2, 0.25) is 5.91 Å². The summed E-state index contributed by atoms with van der Waals surface area (Å²) in [5, 5.41) is 6.20. The Morgan fingerprint density at radius 3 is 2.50 bits per heavy atom. The first-order valence-corrected chi connectivity index (χ1v) is 6.64. The lowest BCUT2D eigenvalue weighted by Crippen LogP contribution is -2.20. The second-order valence-electron chi connectivity index (χ2n) is 4.80. The van der Waals surface area contributed by atoms with E-state index >= 15 is 0 Å². The smallest absolute Gasteiger partial charge is 0.236 e. The topological polar surface area (TPSA) is 44.4 Å². The Balaban J connectivity index is 2.05. The molecule has 0 radical (unpaired) electrons. The van der Waals surface area contributed by atoms with E-state index in [0.29, 0.717) is 6.42 Å². The lowest BCUT2D eigenvalue weighted by molar-refractivity contribution is -0.116. The van der Waals surface area contributed by atoms with Crippen molar-refractivity contribution in [1.82, 2.24) is 0 Å². The first-order valence-electron chi connectivity index (χ1n) is 6.64. The summed E-state index contributed by atoms with van der Waals surface area (Å²) in [6, 6.07) is 13.9. The molecule has 0 unspecified atom stereocenters. The number of nitrogens with one attached hydrogen (secondary N) is 2. The average molecular weight is 267 g/mol. The Morgan fingerprint density at radius 1 is 1.00 bits per heavy atom. The van der Waals surface area contributed by atoms with Crippen LogP contribution in [0, 0.1) is 0 Å². The minimum atomic E-state index is 0.113. The predicted molar refractivity (Wildman–Crippen MR) is 82.8 cm³/mol. The van der Waals surface area contributed by atoms with Crippen LogP contribution in [0.25, 0.3) is 0 Å². The average Bonchev–Trinajstić information content (AvgIpc) is 2.82. The maximum atomic E-state index is 12.3. The van der Waals surface area contributed by atoms with Crippen molar-refractivity contribution in [3.8, 4) is 0 Å². The molecule has 1 heterocycles. The van der Waals surface area contributed by atoms with Gasteiger partial charge in [0.15, 0.2) is 0 Å². The largest absolute Gasteiger partial charge is 0.388 e. The van der Waals surface area contributed by atoms with Crippen LogP contribution in [0.3, 0.4) is 0 Å². The number of benzene rings is 2. The van der Waals surface area contributed by atoms with Gasteiger partial charge in [-0.2, -0.15) is 0 Å². The van der Waals surface area contributed by atoms with Crippen molar-refractivity contribution < 1.29 is 4.79 Å². The molecule has 20 heavy (non-hydrogen) atoms. The van der Waals surface area contributed by atoms with E-state index in [-0.39, 0.29) is 5.91 Å². The molecule has 0 fully saturated rings. The third kappa shape index (κ3) is 1.99. The third-order valence-electron chi connectivity index (χ3n) is 3.59. The van der Waals surface area contributed by atoms with Gasteiger partial charge in [-0.05, 0) is 42.0 Å². The highest BCUT2D eigenvalue weighted by Crippen LogP contribution is 2.37. The molecule has 102 valence electrons. The van der Waals surface area contributed by atoms with Gasteiger partial charge in [0.05, 0.1) is 17.8 Å². The Morgan fingerprint density at radius 2 is 1.75 bits per heavy atom. The fraction of sp³-hybridized carbons (Fsp3) is 0.188. The summed E-state index contributed by atoms with van der Waals surface area (Å²) in [6.07, 6.45) is 0.453. The molecular formula is C16H17N3O. The van der Waals surface area contributed by atoms with Gasteiger partial charge < -0.3 is 10.6 Å². The molecule has 0 atom stereocenters. The molecule has 0 saturated carbocycles. The zero-order chi connectivity index (χ0) is 14.1. The molecule has 0 spiro atoms. The SMILES string of the molecule is CNc1cccc(N2C(=O)Cc3cc(NC)ccc32)c1. The van der Waals surface area contributed by atoms with Crippen molar-refractivity contribution in [1.29, 1.82) is 0 Å². The van der Waals surface area contributed by atoms with Crippen molar-refractivity contribution in [2.45, 2.75) is 6.42 Å². The van der Waals surface area contributed by atoms with E-state index in [0.717, 1.165) is 28.3 Å². The van der Waals surface area contributed by atoms with Gasteiger partial charge in [-0.1, -0.05) is 6.07 Å². The number of rotatable bonds is 3. The van der Waals surface area contributed by atoms with Gasteiger partial charge in [-0.25, -0.2) is 0 Å². The van der Waals surface area contributed by atoms with Gasteiger partial charge in [-0.15, -0.1) is 0 Å². The van der Waals surface area contributed by atoms with Crippen LogP contribution in [0.4, 0.5) is 22.7 Å².